The molecule has 0 atom stereocenters. The predicted octanol–water partition coefficient (Wildman–Crippen LogP) is 5.60. The van der Waals surface area contributed by atoms with Crippen LogP contribution >= 0.6 is 0 Å². The van der Waals surface area contributed by atoms with Gasteiger partial charge in [0.1, 0.15) is 0 Å². The Hall–Kier alpha value is 0.0569. The largest absolute Gasteiger partial charge is 0.676 e. The fourth-order valence-electron chi connectivity index (χ4n) is 2.88. The summed E-state index contributed by atoms with van der Waals surface area (Å²) in [5.41, 5.74) is 0. The average Bonchev–Trinajstić information content (AvgIpc) is 2.61. The molecule has 0 aliphatic rings. The molecular weight excluding hydrogens is 320 g/mol. The van der Waals surface area contributed by atoms with Crippen molar-refractivity contribution in [2.45, 2.75) is 103 Å². The first-order valence-electron chi connectivity index (χ1n) is 10.1. The maximum absolute atomic E-state index is 9.72. The molecule has 0 unspecified atom stereocenters. The SMILES string of the molecule is CCCCCCCCCCCCCCCCCO[Si](O)(OC)OC. The van der Waals surface area contributed by atoms with E-state index < -0.39 is 9.05 Å². The van der Waals surface area contributed by atoms with Crippen LogP contribution in [0.15, 0.2) is 0 Å². The molecule has 0 bridgehead atoms. The second-order valence-electron chi connectivity index (χ2n) is 6.73. The van der Waals surface area contributed by atoms with E-state index in [1.54, 1.807) is 0 Å². The molecule has 0 radical (unpaired) electrons. The van der Waals surface area contributed by atoms with Gasteiger partial charge in [0.05, 0.1) is 0 Å². The molecule has 5 heteroatoms. The first-order chi connectivity index (χ1) is 11.7. The molecule has 0 fully saturated rings. The minimum atomic E-state index is -3.30. The zero-order valence-electron chi connectivity index (χ0n) is 16.5. The smallest absolute Gasteiger partial charge is 0.367 e. The quantitative estimate of drug-likeness (QED) is 0.240. The number of hydrogen-bond donors (Lipinski definition) is 1. The molecule has 146 valence electrons. The fraction of sp³-hybridized carbons (Fsp3) is 1.00. The van der Waals surface area contributed by atoms with E-state index in [-0.39, 0.29) is 0 Å². The van der Waals surface area contributed by atoms with Crippen LogP contribution in [0.4, 0.5) is 0 Å². The Balaban J connectivity index is 3.13. The monoisotopic (exact) mass is 362 g/mol. The molecule has 0 aromatic carbocycles. The van der Waals surface area contributed by atoms with Crippen molar-refractivity contribution in [2.24, 2.45) is 0 Å². The molecule has 1 N–H and O–H groups in total. The summed E-state index contributed by atoms with van der Waals surface area (Å²) in [6, 6.07) is 0. The summed E-state index contributed by atoms with van der Waals surface area (Å²) in [6.45, 7) is 2.79. The van der Waals surface area contributed by atoms with Crippen molar-refractivity contribution in [1.29, 1.82) is 0 Å². The molecule has 24 heavy (non-hydrogen) atoms. The van der Waals surface area contributed by atoms with Gasteiger partial charge in [-0.3, -0.25) is 0 Å². The third-order valence-corrected chi connectivity index (χ3v) is 6.15. The second kappa shape index (κ2) is 17.9. The summed E-state index contributed by atoms with van der Waals surface area (Å²) in [4.78, 5) is 9.72. The van der Waals surface area contributed by atoms with Crippen LogP contribution in [0.3, 0.4) is 0 Å². The molecule has 0 aromatic heterocycles. The van der Waals surface area contributed by atoms with Crippen molar-refractivity contribution in [1.82, 2.24) is 0 Å². The summed E-state index contributed by atoms with van der Waals surface area (Å²) in [5.74, 6) is 0. The van der Waals surface area contributed by atoms with E-state index in [1.807, 2.05) is 0 Å². The summed E-state index contributed by atoms with van der Waals surface area (Å²) < 4.78 is 15.0. The highest BCUT2D eigenvalue weighted by Crippen LogP contribution is 2.13. The lowest BCUT2D eigenvalue weighted by molar-refractivity contribution is 0.0222. The van der Waals surface area contributed by atoms with Crippen molar-refractivity contribution >= 4 is 9.05 Å². The third kappa shape index (κ3) is 15.6. The van der Waals surface area contributed by atoms with Gasteiger partial charge in [-0.1, -0.05) is 96.8 Å². The van der Waals surface area contributed by atoms with Crippen molar-refractivity contribution in [2.75, 3.05) is 20.8 Å². The minimum absolute atomic E-state index is 0.517. The van der Waals surface area contributed by atoms with E-state index in [1.165, 1.54) is 97.7 Å². The van der Waals surface area contributed by atoms with Crippen molar-refractivity contribution in [3.05, 3.63) is 0 Å². The molecule has 0 amide bonds. The van der Waals surface area contributed by atoms with Crippen molar-refractivity contribution in [3.8, 4) is 0 Å². The van der Waals surface area contributed by atoms with Crippen LogP contribution in [0.25, 0.3) is 0 Å². The van der Waals surface area contributed by atoms with E-state index in [4.69, 9.17) is 13.3 Å². The standard InChI is InChI=1S/C19H42O4Si/c1-4-5-6-7-8-9-10-11-12-13-14-15-16-17-18-19-23-24(20,21-2)22-3/h20H,4-19H2,1-3H3. The molecule has 0 aromatic rings. The lowest BCUT2D eigenvalue weighted by Gasteiger charge is -2.18. The Kier molecular flexibility index (Phi) is 17.9. The van der Waals surface area contributed by atoms with Crippen LogP contribution in [-0.2, 0) is 13.3 Å². The lowest BCUT2D eigenvalue weighted by atomic mass is 10.0. The van der Waals surface area contributed by atoms with Gasteiger partial charge in [-0.05, 0) is 6.42 Å². The Bertz CT molecular complexity index is 248. The van der Waals surface area contributed by atoms with Gasteiger partial charge in [0.15, 0.2) is 0 Å². The van der Waals surface area contributed by atoms with Gasteiger partial charge in [-0.2, -0.15) is 0 Å². The van der Waals surface area contributed by atoms with Gasteiger partial charge in [0.25, 0.3) is 0 Å². The molecule has 4 nitrogen and oxygen atoms in total. The maximum Gasteiger partial charge on any atom is 0.676 e. The number of rotatable bonds is 19. The van der Waals surface area contributed by atoms with E-state index in [9.17, 15) is 4.80 Å². The van der Waals surface area contributed by atoms with Crippen LogP contribution in [0.1, 0.15) is 103 Å². The average molecular weight is 363 g/mol. The minimum Gasteiger partial charge on any atom is -0.367 e. The van der Waals surface area contributed by atoms with Crippen LogP contribution < -0.4 is 0 Å². The molecule has 0 aliphatic carbocycles. The van der Waals surface area contributed by atoms with Gasteiger partial charge in [0, 0.05) is 20.8 Å². The summed E-state index contributed by atoms with van der Waals surface area (Å²) >= 11 is 0. The third-order valence-electron chi connectivity index (χ3n) is 4.55. The van der Waals surface area contributed by atoms with Gasteiger partial charge >= 0.3 is 9.05 Å². The number of unbranched alkanes of at least 4 members (excludes halogenated alkanes) is 14. The molecule has 0 spiro atoms. The summed E-state index contributed by atoms with van der Waals surface area (Å²) in [5, 5.41) is 0. The molecule has 0 rings (SSSR count). The fourth-order valence-corrected chi connectivity index (χ4v) is 3.68. The highest BCUT2D eigenvalue weighted by Gasteiger charge is 2.38. The maximum atomic E-state index is 9.72. The van der Waals surface area contributed by atoms with Crippen molar-refractivity contribution in [3.63, 3.8) is 0 Å². The zero-order chi connectivity index (χ0) is 17.9. The zero-order valence-corrected chi connectivity index (χ0v) is 17.5. The highest BCUT2D eigenvalue weighted by molar-refractivity contribution is 6.51. The molecular formula is C19H42O4Si. The lowest BCUT2D eigenvalue weighted by Crippen LogP contribution is -2.44. The Morgan fingerprint density at radius 2 is 0.917 bits per heavy atom. The molecule has 0 aliphatic heterocycles. The Morgan fingerprint density at radius 3 is 1.25 bits per heavy atom. The van der Waals surface area contributed by atoms with Gasteiger partial charge in [0.2, 0.25) is 0 Å². The second-order valence-corrected chi connectivity index (χ2v) is 8.88. The van der Waals surface area contributed by atoms with Crippen LogP contribution in [0.5, 0.6) is 0 Å². The van der Waals surface area contributed by atoms with Crippen molar-refractivity contribution < 1.29 is 18.1 Å². The highest BCUT2D eigenvalue weighted by atomic mass is 28.4. The molecule has 0 heterocycles. The first-order valence-corrected chi connectivity index (χ1v) is 11.8. The van der Waals surface area contributed by atoms with Crippen LogP contribution in [0.2, 0.25) is 0 Å². The topological polar surface area (TPSA) is 47.9 Å². The molecule has 0 saturated carbocycles. The van der Waals surface area contributed by atoms with Gasteiger partial charge in [-0.25, -0.2) is 0 Å². The predicted molar refractivity (Wildman–Crippen MR) is 103 cm³/mol. The Labute approximate surface area is 151 Å². The number of hydrogen-bond acceptors (Lipinski definition) is 4. The van der Waals surface area contributed by atoms with E-state index in [2.05, 4.69) is 6.92 Å². The van der Waals surface area contributed by atoms with E-state index in [0.29, 0.717) is 6.61 Å². The summed E-state index contributed by atoms with van der Waals surface area (Å²) in [7, 11) is -0.467. The van der Waals surface area contributed by atoms with Gasteiger partial charge < -0.3 is 18.1 Å². The van der Waals surface area contributed by atoms with Gasteiger partial charge in [-0.15, -0.1) is 0 Å². The van der Waals surface area contributed by atoms with Crippen LogP contribution in [-0.4, -0.2) is 34.7 Å². The molecule has 0 saturated heterocycles. The Morgan fingerprint density at radius 1 is 0.583 bits per heavy atom. The summed E-state index contributed by atoms with van der Waals surface area (Å²) in [6.07, 6.45) is 20.1. The van der Waals surface area contributed by atoms with E-state index in [0.717, 1.165) is 12.8 Å². The first kappa shape index (κ1) is 24.1. The normalized spacial score (nSPS) is 12.0. The van der Waals surface area contributed by atoms with E-state index >= 15 is 0 Å². The van der Waals surface area contributed by atoms with Crippen LogP contribution in [0, 0.1) is 0 Å².